The Labute approximate surface area is 90.9 Å². The van der Waals surface area contributed by atoms with Gasteiger partial charge in [0.1, 0.15) is 0 Å². The summed E-state index contributed by atoms with van der Waals surface area (Å²) in [6.45, 7) is 7.58. The highest BCUT2D eigenvalue weighted by Gasteiger charge is 2.33. The molecule has 2 rings (SSSR count). The van der Waals surface area contributed by atoms with Crippen molar-refractivity contribution >= 4 is 11.9 Å². The van der Waals surface area contributed by atoms with E-state index >= 15 is 0 Å². The molecule has 0 bridgehead atoms. The molecular weight excluding hydrogens is 182 g/mol. The van der Waals surface area contributed by atoms with Crippen LogP contribution in [-0.4, -0.2) is 6.21 Å². The fourth-order valence-electron chi connectivity index (χ4n) is 2.05. The van der Waals surface area contributed by atoms with Gasteiger partial charge in [-0.2, -0.15) is 0 Å². The van der Waals surface area contributed by atoms with E-state index in [1.165, 1.54) is 5.56 Å². The van der Waals surface area contributed by atoms with E-state index in [-0.39, 0.29) is 5.41 Å². The zero-order valence-corrected chi connectivity index (χ0v) is 8.69. The lowest BCUT2D eigenvalue weighted by Crippen LogP contribution is -2.24. The monoisotopic (exact) mass is 196 g/mol. The summed E-state index contributed by atoms with van der Waals surface area (Å²) in [7, 11) is 0. The van der Waals surface area contributed by atoms with E-state index in [0.717, 1.165) is 12.1 Å². The molecule has 0 amide bonds. The van der Waals surface area contributed by atoms with Crippen LogP contribution in [0.2, 0.25) is 0 Å². The highest BCUT2D eigenvalue weighted by molar-refractivity contribution is 5.87. The molecule has 0 saturated heterocycles. The summed E-state index contributed by atoms with van der Waals surface area (Å²) in [6, 6.07) is 8.20. The topological polar surface area (TPSA) is 12.4 Å². The SMILES string of the molecule is C=C[CH]C1(CC=C)C=Nc2ccccc21. The Kier molecular flexibility index (Phi) is 2.55. The van der Waals surface area contributed by atoms with Gasteiger partial charge in [0.2, 0.25) is 0 Å². The van der Waals surface area contributed by atoms with Gasteiger partial charge in [0.05, 0.1) is 5.69 Å². The lowest BCUT2D eigenvalue weighted by molar-refractivity contribution is 0.722. The van der Waals surface area contributed by atoms with E-state index in [1.807, 2.05) is 36.6 Å². The second-order valence-electron chi connectivity index (χ2n) is 3.71. The Morgan fingerprint density at radius 1 is 1.27 bits per heavy atom. The molecular formula is C14H14N. The van der Waals surface area contributed by atoms with E-state index in [1.54, 1.807) is 0 Å². The van der Waals surface area contributed by atoms with Crippen LogP contribution in [-0.2, 0) is 5.41 Å². The zero-order valence-electron chi connectivity index (χ0n) is 8.69. The third-order valence-corrected chi connectivity index (χ3v) is 2.74. The average Bonchev–Trinajstić information content (AvgIpc) is 2.60. The molecule has 1 aliphatic heterocycles. The number of aliphatic imine (C=N–C) groups is 1. The van der Waals surface area contributed by atoms with Gasteiger partial charge < -0.3 is 0 Å². The number of fused-ring (bicyclic) bond motifs is 1. The summed E-state index contributed by atoms with van der Waals surface area (Å²) in [5.41, 5.74) is 2.17. The largest absolute Gasteiger partial charge is 0.260 e. The molecule has 0 fully saturated rings. The highest BCUT2D eigenvalue weighted by Crippen LogP contribution is 2.41. The first-order valence-corrected chi connectivity index (χ1v) is 5.05. The van der Waals surface area contributed by atoms with E-state index in [2.05, 4.69) is 30.6 Å². The predicted octanol–water partition coefficient (Wildman–Crippen LogP) is 3.61. The second-order valence-corrected chi connectivity index (χ2v) is 3.71. The third-order valence-electron chi connectivity index (χ3n) is 2.74. The zero-order chi connectivity index (χ0) is 10.7. The van der Waals surface area contributed by atoms with Crippen LogP contribution < -0.4 is 0 Å². The maximum atomic E-state index is 4.44. The van der Waals surface area contributed by atoms with Gasteiger partial charge in [-0.25, -0.2) is 0 Å². The second kappa shape index (κ2) is 3.85. The number of para-hydroxylation sites is 1. The van der Waals surface area contributed by atoms with Crippen molar-refractivity contribution < 1.29 is 0 Å². The maximum absolute atomic E-state index is 4.44. The highest BCUT2D eigenvalue weighted by atomic mass is 14.8. The number of hydrogen-bond donors (Lipinski definition) is 0. The molecule has 0 aromatic heterocycles. The number of nitrogens with zero attached hydrogens (tertiary/aromatic N) is 1. The summed E-state index contributed by atoms with van der Waals surface area (Å²) < 4.78 is 0. The molecule has 1 radical (unpaired) electrons. The molecule has 75 valence electrons. The number of benzene rings is 1. The van der Waals surface area contributed by atoms with Gasteiger partial charge in [0.15, 0.2) is 0 Å². The van der Waals surface area contributed by atoms with Crippen molar-refractivity contribution in [2.45, 2.75) is 11.8 Å². The van der Waals surface area contributed by atoms with E-state index in [9.17, 15) is 0 Å². The normalized spacial score (nSPS) is 16.0. The number of allylic oxidation sites excluding steroid dienone is 2. The molecule has 0 aliphatic carbocycles. The van der Waals surface area contributed by atoms with Crippen LogP contribution in [0, 0.1) is 6.42 Å². The van der Waals surface area contributed by atoms with E-state index < -0.39 is 0 Å². The minimum Gasteiger partial charge on any atom is -0.260 e. The molecule has 1 heteroatoms. The molecule has 1 unspecified atom stereocenters. The molecule has 1 aromatic carbocycles. The van der Waals surface area contributed by atoms with Gasteiger partial charge in [-0.15, -0.1) is 13.2 Å². The number of hydrogen-bond acceptors (Lipinski definition) is 1. The Morgan fingerprint density at radius 2 is 2.07 bits per heavy atom. The number of rotatable bonds is 4. The van der Waals surface area contributed by atoms with Crippen molar-refractivity contribution in [1.82, 2.24) is 0 Å². The summed E-state index contributed by atoms with van der Waals surface area (Å²) >= 11 is 0. The molecule has 15 heavy (non-hydrogen) atoms. The van der Waals surface area contributed by atoms with Crippen molar-refractivity contribution in [2.24, 2.45) is 4.99 Å². The first kappa shape index (κ1) is 9.91. The van der Waals surface area contributed by atoms with Gasteiger partial charge in [-0.3, -0.25) is 4.99 Å². The first-order valence-electron chi connectivity index (χ1n) is 5.05. The summed E-state index contributed by atoms with van der Waals surface area (Å²) in [4.78, 5) is 4.44. The van der Waals surface area contributed by atoms with Crippen molar-refractivity contribution in [3.05, 3.63) is 61.6 Å². The fourth-order valence-corrected chi connectivity index (χ4v) is 2.05. The van der Waals surface area contributed by atoms with Gasteiger partial charge >= 0.3 is 0 Å². The predicted molar refractivity (Wildman–Crippen MR) is 65.6 cm³/mol. The smallest absolute Gasteiger partial charge is 0.0667 e. The average molecular weight is 196 g/mol. The fraction of sp³-hybridized carbons (Fsp3) is 0.143. The minimum atomic E-state index is -0.125. The Balaban J connectivity index is 2.48. The van der Waals surface area contributed by atoms with Gasteiger partial charge in [-0.05, 0) is 24.5 Å². The molecule has 1 nitrogen and oxygen atoms in total. The summed E-state index contributed by atoms with van der Waals surface area (Å²) in [5.74, 6) is 0. The van der Waals surface area contributed by atoms with Crippen LogP contribution in [0.15, 0.2) is 54.6 Å². The molecule has 0 N–H and O–H groups in total. The molecule has 1 aromatic rings. The minimum absolute atomic E-state index is 0.125. The van der Waals surface area contributed by atoms with Crippen LogP contribution in [0.25, 0.3) is 0 Å². The molecule has 0 saturated carbocycles. The van der Waals surface area contributed by atoms with E-state index in [4.69, 9.17) is 0 Å². The van der Waals surface area contributed by atoms with Crippen molar-refractivity contribution in [1.29, 1.82) is 0 Å². The van der Waals surface area contributed by atoms with Crippen molar-refractivity contribution in [3.8, 4) is 0 Å². The summed E-state index contributed by atoms with van der Waals surface area (Å²) in [5, 5.41) is 0. The lowest BCUT2D eigenvalue weighted by Gasteiger charge is -2.24. The molecule has 0 spiro atoms. The van der Waals surface area contributed by atoms with Crippen LogP contribution in [0.1, 0.15) is 12.0 Å². The first-order chi connectivity index (χ1) is 7.32. The summed E-state index contributed by atoms with van der Waals surface area (Å²) in [6.07, 6.45) is 8.69. The lowest BCUT2D eigenvalue weighted by atomic mass is 9.77. The van der Waals surface area contributed by atoms with Crippen molar-refractivity contribution in [3.63, 3.8) is 0 Å². The van der Waals surface area contributed by atoms with Gasteiger partial charge in [0, 0.05) is 11.6 Å². The van der Waals surface area contributed by atoms with Crippen LogP contribution in [0.5, 0.6) is 0 Å². The molecule has 1 aliphatic rings. The molecule has 1 heterocycles. The van der Waals surface area contributed by atoms with Crippen molar-refractivity contribution in [2.75, 3.05) is 0 Å². The Bertz CT molecular complexity index is 405. The van der Waals surface area contributed by atoms with Gasteiger partial charge in [0.25, 0.3) is 0 Å². The van der Waals surface area contributed by atoms with Gasteiger partial charge in [-0.1, -0.05) is 30.4 Å². The van der Waals surface area contributed by atoms with E-state index in [0.29, 0.717) is 0 Å². The van der Waals surface area contributed by atoms with Crippen LogP contribution in [0.4, 0.5) is 5.69 Å². The maximum Gasteiger partial charge on any atom is 0.0667 e. The van der Waals surface area contributed by atoms with Crippen LogP contribution >= 0.6 is 0 Å². The molecule has 1 atom stereocenters. The third kappa shape index (κ3) is 1.54. The standard InChI is InChI=1S/C14H14N/c1-3-9-14(10-4-2)11-15-13-8-6-5-7-12(13)14/h3-9,11H,1-2,10H2. The Hall–Kier alpha value is -1.63. The quantitative estimate of drug-likeness (QED) is 0.652. The van der Waals surface area contributed by atoms with Crippen LogP contribution in [0.3, 0.4) is 0 Å². The Morgan fingerprint density at radius 3 is 2.80 bits per heavy atom.